The first-order valence-corrected chi connectivity index (χ1v) is 14.9. The van der Waals surface area contributed by atoms with Gasteiger partial charge in [-0.1, -0.05) is 13.8 Å². The van der Waals surface area contributed by atoms with Crippen molar-refractivity contribution in [3.05, 3.63) is 119 Å². The Morgan fingerprint density at radius 3 is 1.14 bits per heavy atom. The molecule has 0 bridgehead atoms. The molecule has 0 saturated heterocycles. The lowest BCUT2D eigenvalue weighted by molar-refractivity contribution is -0.188. The van der Waals surface area contributed by atoms with E-state index in [0.29, 0.717) is 49.9 Å². The van der Waals surface area contributed by atoms with E-state index in [-0.39, 0.29) is 30.1 Å². The molecular formula is C35H30F10O4. The van der Waals surface area contributed by atoms with Gasteiger partial charge in [0.25, 0.3) is 0 Å². The van der Waals surface area contributed by atoms with Crippen molar-refractivity contribution in [1.82, 2.24) is 0 Å². The van der Waals surface area contributed by atoms with Crippen LogP contribution in [0.4, 0.5) is 43.9 Å². The molecule has 0 aliphatic rings. The van der Waals surface area contributed by atoms with E-state index in [1.54, 1.807) is 0 Å². The molecule has 264 valence electrons. The molecule has 49 heavy (non-hydrogen) atoms. The molecular weight excluding hydrogens is 674 g/mol. The summed E-state index contributed by atoms with van der Waals surface area (Å²) in [5, 5.41) is 0. The van der Waals surface area contributed by atoms with Crippen LogP contribution in [0.2, 0.25) is 0 Å². The van der Waals surface area contributed by atoms with Gasteiger partial charge in [-0.15, -0.1) is 0 Å². The number of alkyl halides is 4. The minimum atomic E-state index is -4.18. The third-order valence-corrected chi connectivity index (χ3v) is 7.32. The summed E-state index contributed by atoms with van der Waals surface area (Å²) in [5.74, 6) is -9.40. The highest BCUT2D eigenvalue weighted by Crippen LogP contribution is 2.37. The fourth-order valence-corrected chi connectivity index (χ4v) is 4.74. The second-order valence-corrected chi connectivity index (χ2v) is 11.7. The van der Waals surface area contributed by atoms with Crippen molar-refractivity contribution in [2.24, 2.45) is 5.41 Å². The van der Waals surface area contributed by atoms with E-state index >= 15 is 0 Å². The largest absolute Gasteiger partial charge is 0.493 e. The highest BCUT2D eigenvalue weighted by molar-refractivity contribution is 5.33. The van der Waals surface area contributed by atoms with Crippen LogP contribution in [0, 0.1) is 40.3 Å². The zero-order valence-corrected chi connectivity index (χ0v) is 26.1. The van der Waals surface area contributed by atoms with Gasteiger partial charge in [0.05, 0.1) is 13.2 Å². The predicted octanol–water partition coefficient (Wildman–Crippen LogP) is 10.8. The summed E-state index contributed by atoms with van der Waals surface area (Å²) in [5.41, 5.74) is -2.48. The van der Waals surface area contributed by atoms with Gasteiger partial charge in [0, 0.05) is 24.3 Å². The molecule has 0 spiro atoms. The molecule has 0 fully saturated rings. The Morgan fingerprint density at radius 2 is 0.796 bits per heavy atom. The summed E-state index contributed by atoms with van der Waals surface area (Å²) in [6.07, 6.45) is -6.05. The number of hydrogen-bond acceptors (Lipinski definition) is 4. The van der Waals surface area contributed by atoms with Gasteiger partial charge >= 0.3 is 12.2 Å². The summed E-state index contributed by atoms with van der Waals surface area (Å²) in [6.45, 7) is 4.22. The summed E-state index contributed by atoms with van der Waals surface area (Å²) >= 11 is 0. The van der Waals surface area contributed by atoms with Gasteiger partial charge in [-0.05, 0) is 79.6 Å². The highest BCUT2D eigenvalue weighted by Gasteiger charge is 2.39. The molecule has 0 atom stereocenters. The van der Waals surface area contributed by atoms with Crippen LogP contribution in [0.1, 0.15) is 50.7 Å². The Kier molecular flexibility index (Phi) is 11.6. The standard InChI is InChI=1S/C35H30F10O4/c1-33(2,13-3-15-46-21-5-9-25(29(38)17-21)34(42,43)48-23-7-11-27(36)31(40)19-23)14-4-16-47-22-6-10-26(30(39)18-22)35(44,45)49-24-8-12-28(37)32(41)20-24/h5-12,17-20H,3-4,13-16H2,1-2H3. The monoisotopic (exact) mass is 704 g/mol. The molecule has 0 saturated carbocycles. The Labute approximate surface area is 275 Å². The van der Waals surface area contributed by atoms with Crippen molar-refractivity contribution in [3.8, 4) is 23.0 Å². The zero-order valence-electron chi connectivity index (χ0n) is 26.1. The number of halogens is 10. The lowest BCUT2D eigenvalue weighted by Crippen LogP contribution is -2.23. The van der Waals surface area contributed by atoms with Crippen LogP contribution in [-0.2, 0) is 12.2 Å². The first-order valence-electron chi connectivity index (χ1n) is 14.9. The Hall–Kier alpha value is -4.62. The average molecular weight is 705 g/mol. The van der Waals surface area contributed by atoms with Crippen LogP contribution in [0.15, 0.2) is 72.8 Å². The number of hydrogen-bond donors (Lipinski definition) is 0. The second-order valence-electron chi connectivity index (χ2n) is 11.7. The van der Waals surface area contributed by atoms with E-state index < -0.39 is 69.7 Å². The first-order chi connectivity index (χ1) is 23.0. The van der Waals surface area contributed by atoms with Crippen LogP contribution >= 0.6 is 0 Å². The average Bonchev–Trinajstić information content (AvgIpc) is 3.01. The minimum Gasteiger partial charge on any atom is -0.493 e. The molecule has 0 N–H and O–H groups in total. The van der Waals surface area contributed by atoms with Gasteiger partial charge in [0.2, 0.25) is 0 Å². The van der Waals surface area contributed by atoms with E-state index in [1.165, 1.54) is 0 Å². The van der Waals surface area contributed by atoms with E-state index in [0.717, 1.165) is 48.5 Å². The normalized spacial score (nSPS) is 12.2. The maximum Gasteiger partial charge on any atom is 0.429 e. The first kappa shape index (κ1) is 37.2. The van der Waals surface area contributed by atoms with Crippen molar-refractivity contribution in [3.63, 3.8) is 0 Å². The molecule has 0 amide bonds. The van der Waals surface area contributed by atoms with Gasteiger partial charge in [-0.25, -0.2) is 26.3 Å². The SMILES string of the molecule is CC(C)(CCCOc1ccc(C(F)(F)Oc2ccc(F)c(F)c2)c(F)c1)CCCOc1ccc(C(F)(F)Oc2ccc(F)c(F)c2)c(F)c1. The Morgan fingerprint density at radius 1 is 0.449 bits per heavy atom. The number of ether oxygens (including phenoxy) is 4. The third kappa shape index (κ3) is 10.2. The molecule has 0 radical (unpaired) electrons. The van der Waals surface area contributed by atoms with E-state index in [1.807, 2.05) is 13.8 Å². The van der Waals surface area contributed by atoms with Crippen molar-refractivity contribution in [2.75, 3.05) is 13.2 Å². The molecule has 4 aromatic rings. The van der Waals surface area contributed by atoms with Crippen LogP contribution in [0.3, 0.4) is 0 Å². The van der Waals surface area contributed by atoms with Crippen LogP contribution < -0.4 is 18.9 Å². The van der Waals surface area contributed by atoms with Crippen LogP contribution in [0.25, 0.3) is 0 Å². The van der Waals surface area contributed by atoms with Gasteiger partial charge in [0.15, 0.2) is 23.3 Å². The Bertz CT molecular complexity index is 1620. The van der Waals surface area contributed by atoms with Crippen molar-refractivity contribution in [1.29, 1.82) is 0 Å². The maximum atomic E-state index is 14.5. The van der Waals surface area contributed by atoms with Crippen molar-refractivity contribution < 1.29 is 62.9 Å². The maximum absolute atomic E-state index is 14.5. The van der Waals surface area contributed by atoms with Gasteiger partial charge < -0.3 is 18.9 Å². The fourth-order valence-electron chi connectivity index (χ4n) is 4.74. The van der Waals surface area contributed by atoms with E-state index in [2.05, 4.69) is 9.47 Å². The molecule has 4 nitrogen and oxygen atoms in total. The summed E-state index contributed by atoms with van der Waals surface area (Å²) < 4.78 is 160. The molecule has 4 rings (SSSR count). The van der Waals surface area contributed by atoms with Gasteiger partial charge in [-0.3, -0.25) is 0 Å². The lowest BCUT2D eigenvalue weighted by Gasteiger charge is -2.24. The minimum absolute atomic E-state index is 0.0111. The van der Waals surface area contributed by atoms with Crippen LogP contribution in [0.5, 0.6) is 23.0 Å². The lowest BCUT2D eigenvalue weighted by atomic mass is 9.83. The summed E-state index contributed by atoms with van der Waals surface area (Å²) in [7, 11) is 0. The zero-order chi connectivity index (χ0) is 36.0. The predicted molar refractivity (Wildman–Crippen MR) is 158 cm³/mol. The number of rotatable bonds is 16. The smallest absolute Gasteiger partial charge is 0.429 e. The topological polar surface area (TPSA) is 36.9 Å². The molecule has 14 heteroatoms. The molecule has 0 aliphatic heterocycles. The summed E-state index contributed by atoms with van der Waals surface area (Å²) in [6, 6.07) is 8.91. The van der Waals surface area contributed by atoms with Gasteiger partial charge in [0.1, 0.15) is 45.8 Å². The van der Waals surface area contributed by atoms with Gasteiger partial charge in [-0.2, -0.15) is 17.6 Å². The molecule has 0 aromatic heterocycles. The third-order valence-electron chi connectivity index (χ3n) is 7.32. The fraction of sp³-hybridized carbons (Fsp3) is 0.314. The second kappa shape index (κ2) is 15.3. The molecule has 0 unspecified atom stereocenters. The number of benzene rings is 4. The molecule has 0 heterocycles. The Balaban J connectivity index is 1.19. The highest BCUT2D eigenvalue weighted by atomic mass is 19.3. The van der Waals surface area contributed by atoms with Crippen LogP contribution in [-0.4, -0.2) is 13.2 Å². The summed E-state index contributed by atoms with van der Waals surface area (Å²) in [4.78, 5) is 0. The van der Waals surface area contributed by atoms with E-state index in [4.69, 9.17) is 9.47 Å². The molecule has 4 aromatic carbocycles. The van der Waals surface area contributed by atoms with Crippen molar-refractivity contribution >= 4 is 0 Å². The molecule has 0 aliphatic carbocycles. The van der Waals surface area contributed by atoms with Crippen molar-refractivity contribution in [2.45, 2.75) is 51.7 Å². The van der Waals surface area contributed by atoms with E-state index in [9.17, 15) is 43.9 Å². The quantitative estimate of drug-likeness (QED) is 0.0860.